The molecule has 1 fully saturated rings. The molecule has 1 N–H and O–H groups in total. The van der Waals surface area contributed by atoms with Crippen molar-refractivity contribution in [1.82, 2.24) is 5.32 Å². The molecule has 0 aliphatic carbocycles. The van der Waals surface area contributed by atoms with Crippen LogP contribution < -0.4 is 10.2 Å². The Morgan fingerprint density at radius 1 is 1.33 bits per heavy atom. The molecule has 1 aliphatic rings. The smallest absolute Gasteiger partial charge is 0.338 e. The quantitative estimate of drug-likeness (QED) is 0.811. The van der Waals surface area contributed by atoms with Crippen LogP contribution in [0.3, 0.4) is 0 Å². The molecule has 0 radical (unpaired) electrons. The average Bonchev–Trinajstić information content (AvgIpc) is 2.98. The standard InChI is InChI=1S/C18H24N2O4/c1-4-18(2,3)19-15(21)12-24-17(23)13-7-5-8-14(11-13)20-10-6-9-16(20)22/h5,7-8,11H,4,6,9-10,12H2,1-3H3,(H,19,21). The second-order valence-corrected chi connectivity index (χ2v) is 6.56. The highest BCUT2D eigenvalue weighted by molar-refractivity contribution is 5.97. The Labute approximate surface area is 142 Å². The zero-order chi connectivity index (χ0) is 17.7. The number of benzene rings is 1. The molecule has 0 unspecified atom stereocenters. The number of anilines is 1. The maximum atomic E-state index is 12.1. The summed E-state index contributed by atoms with van der Waals surface area (Å²) < 4.78 is 5.07. The Balaban J connectivity index is 1.95. The van der Waals surface area contributed by atoms with Crippen molar-refractivity contribution in [3.05, 3.63) is 29.8 Å². The fourth-order valence-corrected chi connectivity index (χ4v) is 2.44. The van der Waals surface area contributed by atoms with E-state index in [9.17, 15) is 14.4 Å². The summed E-state index contributed by atoms with van der Waals surface area (Å²) in [4.78, 5) is 37.4. The van der Waals surface area contributed by atoms with Crippen molar-refractivity contribution in [3.63, 3.8) is 0 Å². The Morgan fingerprint density at radius 3 is 2.71 bits per heavy atom. The van der Waals surface area contributed by atoms with Crippen LogP contribution in [0.25, 0.3) is 0 Å². The van der Waals surface area contributed by atoms with Crippen LogP contribution in [-0.2, 0) is 14.3 Å². The van der Waals surface area contributed by atoms with Gasteiger partial charge in [-0.3, -0.25) is 9.59 Å². The van der Waals surface area contributed by atoms with Crippen molar-refractivity contribution in [1.29, 1.82) is 0 Å². The molecule has 24 heavy (non-hydrogen) atoms. The summed E-state index contributed by atoms with van der Waals surface area (Å²) >= 11 is 0. The molecule has 130 valence electrons. The molecule has 0 atom stereocenters. The maximum absolute atomic E-state index is 12.1. The molecule has 1 saturated heterocycles. The lowest BCUT2D eigenvalue weighted by Crippen LogP contribution is -2.44. The van der Waals surface area contributed by atoms with Gasteiger partial charge in [-0.2, -0.15) is 0 Å². The molecule has 0 bridgehead atoms. The van der Waals surface area contributed by atoms with Gasteiger partial charge >= 0.3 is 5.97 Å². The molecule has 1 heterocycles. The second-order valence-electron chi connectivity index (χ2n) is 6.56. The predicted octanol–water partition coefficient (Wildman–Crippen LogP) is 2.28. The monoisotopic (exact) mass is 332 g/mol. The van der Waals surface area contributed by atoms with E-state index in [1.807, 2.05) is 20.8 Å². The van der Waals surface area contributed by atoms with Gasteiger partial charge in [0.1, 0.15) is 0 Å². The minimum absolute atomic E-state index is 0.0571. The largest absolute Gasteiger partial charge is 0.452 e. The van der Waals surface area contributed by atoms with Gasteiger partial charge in [-0.05, 0) is 44.9 Å². The first-order valence-corrected chi connectivity index (χ1v) is 8.21. The Morgan fingerprint density at radius 2 is 2.08 bits per heavy atom. The van der Waals surface area contributed by atoms with E-state index in [0.29, 0.717) is 24.2 Å². The van der Waals surface area contributed by atoms with Gasteiger partial charge in [0.15, 0.2) is 6.61 Å². The molecule has 0 saturated carbocycles. The van der Waals surface area contributed by atoms with E-state index in [1.165, 1.54) is 0 Å². The summed E-state index contributed by atoms with van der Waals surface area (Å²) in [7, 11) is 0. The first kappa shape index (κ1) is 18.0. The molecular weight excluding hydrogens is 308 g/mol. The highest BCUT2D eigenvalue weighted by Gasteiger charge is 2.23. The van der Waals surface area contributed by atoms with Crippen molar-refractivity contribution in [3.8, 4) is 0 Å². The molecule has 2 rings (SSSR count). The minimum Gasteiger partial charge on any atom is -0.452 e. The lowest BCUT2D eigenvalue weighted by molar-refractivity contribution is -0.125. The first-order valence-electron chi connectivity index (χ1n) is 8.21. The lowest BCUT2D eigenvalue weighted by atomic mass is 10.0. The average molecular weight is 332 g/mol. The molecule has 6 heteroatoms. The van der Waals surface area contributed by atoms with Crippen LogP contribution in [0, 0.1) is 0 Å². The summed E-state index contributed by atoms with van der Waals surface area (Å²) in [6.07, 6.45) is 2.13. The summed E-state index contributed by atoms with van der Waals surface area (Å²) in [5, 5.41) is 2.81. The van der Waals surface area contributed by atoms with Gasteiger partial charge < -0.3 is 15.0 Å². The first-order chi connectivity index (χ1) is 11.3. The van der Waals surface area contributed by atoms with Crippen molar-refractivity contribution in [2.45, 2.75) is 45.6 Å². The van der Waals surface area contributed by atoms with Crippen LogP contribution in [0.4, 0.5) is 5.69 Å². The minimum atomic E-state index is -0.576. The number of rotatable bonds is 6. The molecule has 2 amide bonds. The van der Waals surface area contributed by atoms with Gasteiger partial charge in [0.05, 0.1) is 5.56 Å². The van der Waals surface area contributed by atoms with Crippen LogP contribution in [0.2, 0.25) is 0 Å². The van der Waals surface area contributed by atoms with Crippen molar-refractivity contribution in [2.24, 2.45) is 0 Å². The van der Waals surface area contributed by atoms with Crippen molar-refractivity contribution < 1.29 is 19.1 Å². The summed E-state index contributed by atoms with van der Waals surface area (Å²) in [6.45, 7) is 6.12. The van der Waals surface area contributed by atoms with Gasteiger partial charge in [-0.25, -0.2) is 4.79 Å². The second kappa shape index (κ2) is 7.47. The summed E-state index contributed by atoms with van der Waals surface area (Å²) in [6, 6.07) is 6.73. The summed E-state index contributed by atoms with van der Waals surface area (Å²) in [5.74, 6) is -0.851. The fourth-order valence-electron chi connectivity index (χ4n) is 2.44. The van der Waals surface area contributed by atoms with Crippen LogP contribution >= 0.6 is 0 Å². The third kappa shape index (κ3) is 4.57. The number of amides is 2. The molecule has 0 aromatic heterocycles. The number of hydrogen-bond acceptors (Lipinski definition) is 4. The number of esters is 1. The zero-order valence-electron chi connectivity index (χ0n) is 14.4. The number of carbonyl (C=O) groups excluding carboxylic acids is 3. The number of hydrogen-bond donors (Lipinski definition) is 1. The van der Waals surface area contributed by atoms with Crippen LogP contribution in [-0.4, -0.2) is 36.5 Å². The van der Waals surface area contributed by atoms with E-state index < -0.39 is 5.97 Å². The van der Waals surface area contributed by atoms with Gasteiger partial charge in [0.2, 0.25) is 5.91 Å². The van der Waals surface area contributed by atoms with Crippen LogP contribution in [0.15, 0.2) is 24.3 Å². The number of carbonyl (C=O) groups is 3. The van der Waals surface area contributed by atoms with E-state index in [1.54, 1.807) is 29.2 Å². The summed E-state index contributed by atoms with van der Waals surface area (Å²) in [5.41, 5.74) is 0.678. The predicted molar refractivity (Wildman–Crippen MR) is 90.8 cm³/mol. The van der Waals surface area contributed by atoms with Gasteiger partial charge in [-0.15, -0.1) is 0 Å². The normalized spacial score (nSPS) is 14.6. The number of nitrogens with one attached hydrogen (secondary N) is 1. The lowest BCUT2D eigenvalue weighted by Gasteiger charge is -2.24. The maximum Gasteiger partial charge on any atom is 0.338 e. The van der Waals surface area contributed by atoms with Gasteiger partial charge in [0.25, 0.3) is 5.91 Å². The van der Waals surface area contributed by atoms with E-state index in [2.05, 4.69) is 5.32 Å². The highest BCUT2D eigenvalue weighted by Crippen LogP contribution is 2.22. The van der Waals surface area contributed by atoms with Crippen LogP contribution in [0.5, 0.6) is 0 Å². The molecule has 0 spiro atoms. The number of ether oxygens (including phenoxy) is 1. The number of nitrogens with zero attached hydrogens (tertiary/aromatic N) is 1. The van der Waals surface area contributed by atoms with E-state index >= 15 is 0 Å². The Hall–Kier alpha value is -2.37. The van der Waals surface area contributed by atoms with E-state index in [0.717, 1.165) is 12.8 Å². The van der Waals surface area contributed by atoms with Crippen LogP contribution in [0.1, 0.15) is 50.4 Å². The zero-order valence-corrected chi connectivity index (χ0v) is 14.4. The molecule has 1 aromatic carbocycles. The van der Waals surface area contributed by atoms with E-state index in [-0.39, 0.29) is 24.0 Å². The molecule has 6 nitrogen and oxygen atoms in total. The van der Waals surface area contributed by atoms with Crippen molar-refractivity contribution in [2.75, 3.05) is 18.1 Å². The van der Waals surface area contributed by atoms with Gasteiger partial charge in [0, 0.05) is 24.2 Å². The third-order valence-corrected chi connectivity index (χ3v) is 4.16. The Kier molecular flexibility index (Phi) is 5.59. The third-order valence-electron chi connectivity index (χ3n) is 4.16. The molecule has 1 aromatic rings. The Bertz CT molecular complexity index is 640. The van der Waals surface area contributed by atoms with Crippen molar-refractivity contribution >= 4 is 23.5 Å². The SMILES string of the molecule is CCC(C)(C)NC(=O)COC(=O)c1cccc(N2CCCC2=O)c1. The van der Waals surface area contributed by atoms with E-state index in [4.69, 9.17) is 4.74 Å². The molecule has 1 aliphatic heterocycles. The van der Waals surface area contributed by atoms with Gasteiger partial charge in [-0.1, -0.05) is 13.0 Å². The highest BCUT2D eigenvalue weighted by atomic mass is 16.5. The molecular formula is C18H24N2O4. The fraction of sp³-hybridized carbons (Fsp3) is 0.500. The topological polar surface area (TPSA) is 75.7 Å².